The first-order chi connectivity index (χ1) is 7.04. The lowest BCUT2D eigenvalue weighted by Gasteiger charge is -2.07. The van der Waals surface area contributed by atoms with Crippen molar-refractivity contribution in [1.29, 1.82) is 0 Å². The molecule has 78 valence electrons. The van der Waals surface area contributed by atoms with Crippen LogP contribution in [-0.4, -0.2) is 11.1 Å². The van der Waals surface area contributed by atoms with Gasteiger partial charge in [0.05, 0.1) is 12.1 Å². The van der Waals surface area contributed by atoms with Crippen molar-refractivity contribution in [2.45, 2.75) is 20.3 Å². The van der Waals surface area contributed by atoms with Crippen LogP contribution in [0.2, 0.25) is 0 Å². The molecule has 1 aromatic rings. The zero-order chi connectivity index (χ0) is 11.4. The van der Waals surface area contributed by atoms with Gasteiger partial charge in [0.1, 0.15) is 0 Å². The number of hydrogen-bond donors (Lipinski definition) is 1. The van der Waals surface area contributed by atoms with Crippen molar-refractivity contribution in [2.24, 2.45) is 5.92 Å². The molecular weight excluding hydrogens is 190 g/mol. The Kier molecular flexibility index (Phi) is 3.46. The minimum absolute atomic E-state index is 0.248. The third-order valence-corrected chi connectivity index (χ3v) is 2.08. The Balaban J connectivity index is 3.14. The molecule has 0 aliphatic heterocycles. The van der Waals surface area contributed by atoms with E-state index in [-0.39, 0.29) is 5.56 Å². The Morgan fingerprint density at radius 2 is 2.20 bits per heavy atom. The maximum absolute atomic E-state index is 10.8. The molecule has 0 fully saturated rings. The van der Waals surface area contributed by atoms with Gasteiger partial charge in [-0.15, -0.1) is 0 Å². The van der Waals surface area contributed by atoms with Crippen molar-refractivity contribution in [3.05, 3.63) is 40.7 Å². The summed E-state index contributed by atoms with van der Waals surface area (Å²) in [4.78, 5) is 14.1. The second-order valence-corrected chi connectivity index (χ2v) is 3.86. The van der Waals surface area contributed by atoms with Crippen LogP contribution in [-0.2, 0) is 6.42 Å². The molecule has 3 heteroatoms. The minimum Gasteiger partial charge on any atom is -0.478 e. The van der Waals surface area contributed by atoms with Crippen LogP contribution in [0.1, 0.15) is 29.8 Å². The highest BCUT2D eigenvalue weighted by Gasteiger charge is 2.09. The van der Waals surface area contributed by atoms with Crippen LogP contribution in [0.3, 0.4) is 0 Å². The fraction of sp³-hybridized carbons (Fsp3) is 0.333. The second kappa shape index (κ2) is 4.61. The molecule has 0 atom stereocenters. The van der Waals surface area contributed by atoms with E-state index in [1.165, 1.54) is 6.07 Å². The number of carboxylic acids is 1. The normalized spacial score (nSPS) is 10.0. The summed E-state index contributed by atoms with van der Waals surface area (Å²) in [6.07, 6.45) is 0.735. The maximum atomic E-state index is 10.8. The van der Waals surface area contributed by atoms with Gasteiger partial charge in [-0.3, -0.25) is 0 Å². The fourth-order valence-electron chi connectivity index (χ4n) is 1.43. The Labute approximate surface area is 89.2 Å². The Morgan fingerprint density at radius 1 is 1.53 bits per heavy atom. The highest BCUT2D eigenvalue weighted by molar-refractivity contribution is 5.88. The van der Waals surface area contributed by atoms with E-state index in [2.05, 4.69) is 4.85 Å². The summed E-state index contributed by atoms with van der Waals surface area (Å²) in [5.74, 6) is -0.536. The first-order valence-electron chi connectivity index (χ1n) is 4.78. The van der Waals surface area contributed by atoms with Crippen molar-refractivity contribution >= 4 is 11.7 Å². The SMILES string of the molecule is [C-]#[N+]c1ccc(C(=O)O)cc1CC(C)C. The zero-order valence-corrected chi connectivity index (χ0v) is 8.82. The smallest absolute Gasteiger partial charge is 0.335 e. The van der Waals surface area contributed by atoms with Gasteiger partial charge in [-0.05, 0) is 17.9 Å². The molecule has 0 saturated carbocycles. The van der Waals surface area contributed by atoms with Crippen LogP contribution < -0.4 is 0 Å². The van der Waals surface area contributed by atoms with E-state index in [4.69, 9.17) is 11.7 Å². The molecule has 0 bridgehead atoms. The Hall–Kier alpha value is -1.82. The Morgan fingerprint density at radius 3 is 2.67 bits per heavy atom. The molecular formula is C12H13NO2. The molecule has 15 heavy (non-hydrogen) atoms. The van der Waals surface area contributed by atoms with Crippen LogP contribution in [0.15, 0.2) is 18.2 Å². The molecule has 0 spiro atoms. The maximum Gasteiger partial charge on any atom is 0.335 e. The first kappa shape index (κ1) is 11.3. The van der Waals surface area contributed by atoms with Crippen LogP contribution in [0.25, 0.3) is 4.85 Å². The lowest BCUT2D eigenvalue weighted by Crippen LogP contribution is -2.00. The van der Waals surface area contributed by atoms with Gasteiger partial charge in [0.25, 0.3) is 0 Å². The summed E-state index contributed by atoms with van der Waals surface area (Å²) in [5.41, 5.74) is 1.62. The average Bonchev–Trinajstić information content (AvgIpc) is 2.16. The van der Waals surface area contributed by atoms with Gasteiger partial charge in [0.2, 0.25) is 0 Å². The lowest BCUT2D eigenvalue weighted by molar-refractivity contribution is 0.0697. The molecule has 1 N–H and O–H groups in total. The van der Waals surface area contributed by atoms with E-state index in [0.29, 0.717) is 11.6 Å². The van der Waals surface area contributed by atoms with Crippen molar-refractivity contribution in [3.8, 4) is 0 Å². The van der Waals surface area contributed by atoms with Gasteiger partial charge in [0.15, 0.2) is 5.69 Å². The van der Waals surface area contributed by atoms with E-state index >= 15 is 0 Å². The predicted molar refractivity (Wildman–Crippen MR) is 58.2 cm³/mol. The van der Waals surface area contributed by atoms with Gasteiger partial charge < -0.3 is 5.11 Å². The van der Waals surface area contributed by atoms with Crippen molar-refractivity contribution in [3.63, 3.8) is 0 Å². The number of carboxylic acid groups (broad SMARTS) is 1. The third kappa shape index (κ3) is 2.81. The summed E-state index contributed by atoms with van der Waals surface area (Å²) in [7, 11) is 0. The van der Waals surface area contributed by atoms with Gasteiger partial charge in [-0.25, -0.2) is 9.64 Å². The van der Waals surface area contributed by atoms with E-state index in [0.717, 1.165) is 12.0 Å². The molecule has 0 amide bonds. The van der Waals surface area contributed by atoms with E-state index in [1.54, 1.807) is 12.1 Å². The summed E-state index contributed by atoms with van der Waals surface area (Å²) >= 11 is 0. The zero-order valence-electron chi connectivity index (χ0n) is 8.82. The highest BCUT2D eigenvalue weighted by atomic mass is 16.4. The second-order valence-electron chi connectivity index (χ2n) is 3.86. The molecule has 1 aromatic carbocycles. The number of benzene rings is 1. The topological polar surface area (TPSA) is 41.7 Å². The quantitative estimate of drug-likeness (QED) is 0.767. The predicted octanol–water partition coefficient (Wildman–Crippen LogP) is 3.13. The van der Waals surface area contributed by atoms with E-state index in [1.807, 2.05) is 13.8 Å². The molecule has 0 aliphatic carbocycles. The minimum atomic E-state index is -0.948. The summed E-state index contributed by atoms with van der Waals surface area (Å²) in [5, 5.41) is 8.83. The van der Waals surface area contributed by atoms with Gasteiger partial charge in [-0.2, -0.15) is 0 Å². The van der Waals surface area contributed by atoms with Crippen molar-refractivity contribution < 1.29 is 9.90 Å². The molecule has 0 unspecified atom stereocenters. The summed E-state index contributed by atoms with van der Waals surface area (Å²) in [6, 6.07) is 4.64. The van der Waals surface area contributed by atoms with Crippen molar-refractivity contribution in [2.75, 3.05) is 0 Å². The van der Waals surface area contributed by atoms with E-state index in [9.17, 15) is 4.79 Å². The van der Waals surface area contributed by atoms with Gasteiger partial charge >= 0.3 is 5.97 Å². The van der Waals surface area contributed by atoms with Gasteiger partial charge in [-0.1, -0.05) is 32.0 Å². The fourth-order valence-corrected chi connectivity index (χ4v) is 1.43. The molecule has 0 aliphatic rings. The van der Waals surface area contributed by atoms with Crippen LogP contribution in [0.5, 0.6) is 0 Å². The van der Waals surface area contributed by atoms with Crippen LogP contribution >= 0.6 is 0 Å². The number of carbonyl (C=O) groups is 1. The molecule has 1 rings (SSSR count). The van der Waals surface area contributed by atoms with Crippen LogP contribution in [0.4, 0.5) is 5.69 Å². The Bertz CT molecular complexity index is 416. The average molecular weight is 203 g/mol. The number of aromatic carboxylic acids is 1. The molecule has 0 saturated heterocycles. The third-order valence-electron chi connectivity index (χ3n) is 2.08. The molecule has 0 radical (unpaired) electrons. The molecule has 0 aromatic heterocycles. The number of nitrogens with zero attached hydrogens (tertiary/aromatic N) is 1. The largest absolute Gasteiger partial charge is 0.478 e. The monoisotopic (exact) mass is 203 g/mol. The first-order valence-corrected chi connectivity index (χ1v) is 4.78. The lowest BCUT2D eigenvalue weighted by atomic mass is 9.99. The van der Waals surface area contributed by atoms with E-state index < -0.39 is 5.97 Å². The highest BCUT2D eigenvalue weighted by Crippen LogP contribution is 2.23. The number of hydrogen-bond acceptors (Lipinski definition) is 1. The molecule has 3 nitrogen and oxygen atoms in total. The summed E-state index contributed by atoms with van der Waals surface area (Å²) in [6.45, 7) is 11.1. The number of rotatable bonds is 3. The van der Waals surface area contributed by atoms with Crippen LogP contribution in [0, 0.1) is 12.5 Å². The van der Waals surface area contributed by atoms with Crippen molar-refractivity contribution in [1.82, 2.24) is 0 Å². The standard InChI is InChI=1S/C12H13NO2/c1-8(2)6-10-7-9(12(14)15)4-5-11(10)13-3/h4-5,7-8H,6H2,1-2H3,(H,14,15). The van der Waals surface area contributed by atoms with Gasteiger partial charge in [0, 0.05) is 0 Å². The molecule has 0 heterocycles. The summed E-state index contributed by atoms with van der Waals surface area (Å²) < 4.78 is 0.